The third-order valence-electron chi connectivity index (χ3n) is 10.9. The molecule has 0 saturated carbocycles. The van der Waals surface area contributed by atoms with Crippen LogP contribution in [0, 0.1) is 17.8 Å². The van der Waals surface area contributed by atoms with Gasteiger partial charge in [-0.2, -0.15) is 0 Å². The van der Waals surface area contributed by atoms with E-state index in [4.69, 9.17) is 17.6 Å². The number of likely N-dealkylation sites (tertiary alicyclic amines) is 1. The molecule has 8 nitrogen and oxygen atoms in total. The third-order valence-corrected chi connectivity index (χ3v) is 12.4. The number of benzene rings is 3. The van der Waals surface area contributed by atoms with E-state index in [1.54, 1.807) is 0 Å². The quantitative estimate of drug-likeness (QED) is 0.0421. The van der Waals surface area contributed by atoms with Gasteiger partial charge in [-0.05, 0) is 83.7 Å². The number of fused-ring (bicyclic) bond motifs is 2. The molecule has 1 saturated heterocycles. The summed E-state index contributed by atoms with van der Waals surface area (Å²) in [6.07, 6.45) is 10.5. The minimum atomic E-state index is -0.785. The van der Waals surface area contributed by atoms with E-state index in [9.17, 15) is 9.59 Å². The minimum Gasteiger partial charge on any atom is -0.356 e. The number of hydrogen-bond acceptors (Lipinski definition) is 5. The summed E-state index contributed by atoms with van der Waals surface area (Å²) in [7, 11) is 3.76. The number of aromatic nitrogens is 4. The Labute approximate surface area is 316 Å². The number of rotatable bonds is 13. The van der Waals surface area contributed by atoms with Crippen molar-refractivity contribution in [1.29, 1.82) is 0 Å². The fraction of sp³-hybridized carbons (Fsp3) is 0.429. The van der Waals surface area contributed by atoms with Crippen LogP contribution in [0.4, 0.5) is 0 Å². The number of nitrogens with zero attached hydrogens (tertiary/aromatic N) is 3. The molecule has 3 radical (unpaired) electrons. The highest BCUT2D eigenvalue weighted by Crippen LogP contribution is 2.46. The molecule has 271 valence electrons. The minimum absolute atomic E-state index is 0.0355. The first-order chi connectivity index (χ1) is 24.8. The van der Waals surface area contributed by atoms with Gasteiger partial charge in [-0.25, -0.2) is 9.97 Å². The van der Waals surface area contributed by atoms with Crippen molar-refractivity contribution in [3.63, 3.8) is 0 Å². The Morgan fingerprint density at radius 1 is 1.00 bits per heavy atom. The lowest BCUT2D eigenvalue weighted by molar-refractivity contribution is -0.137. The van der Waals surface area contributed by atoms with E-state index in [0.717, 1.165) is 76.7 Å². The Morgan fingerprint density at radius 2 is 1.71 bits per heavy atom. The van der Waals surface area contributed by atoms with Crippen LogP contribution in [-0.2, 0) is 20.9 Å². The van der Waals surface area contributed by atoms with Crippen molar-refractivity contribution >= 4 is 68.6 Å². The van der Waals surface area contributed by atoms with E-state index in [2.05, 4.69) is 105 Å². The lowest BCUT2D eigenvalue weighted by Gasteiger charge is -2.39. The molecular weight excluding hydrogens is 681 g/mol. The summed E-state index contributed by atoms with van der Waals surface area (Å²) in [6.45, 7) is 13.5. The van der Waals surface area contributed by atoms with Gasteiger partial charge in [0.1, 0.15) is 16.5 Å². The maximum Gasteiger partial charge on any atom is 0.226 e. The molecule has 5 aromatic rings. The summed E-state index contributed by atoms with van der Waals surface area (Å²) in [5.41, 5.74) is 6.05. The molecule has 3 aromatic carbocycles. The van der Waals surface area contributed by atoms with Gasteiger partial charge < -0.3 is 20.2 Å². The zero-order valence-electron chi connectivity index (χ0n) is 31.2. The number of unbranched alkanes of at least 4 members (excludes halogenated alkanes) is 1. The molecule has 52 heavy (non-hydrogen) atoms. The third kappa shape index (κ3) is 7.93. The highest BCUT2D eigenvalue weighted by molar-refractivity contribution is 7.81. The van der Waals surface area contributed by atoms with E-state index in [1.165, 1.54) is 5.39 Å². The molecule has 6 rings (SSSR count). The van der Waals surface area contributed by atoms with Crippen molar-refractivity contribution in [3.05, 3.63) is 83.6 Å². The van der Waals surface area contributed by atoms with Crippen molar-refractivity contribution in [2.75, 3.05) is 13.1 Å². The van der Waals surface area contributed by atoms with Crippen LogP contribution < -0.4 is 5.32 Å². The van der Waals surface area contributed by atoms with E-state index >= 15 is 0 Å². The molecule has 3 N–H and O–H groups in total. The Morgan fingerprint density at radius 3 is 2.46 bits per heavy atom. The number of aromatic amines is 2. The van der Waals surface area contributed by atoms with Gasteiger partial charge in [0, 0.05) is 46.3 Å². The number of thiol groups is 1. The number of hydrogen-bond donors (Lipinski definition) is 4. The normalized spacial score (nSPS) is 18.2. The van der Waals surface area contributed by atoms with E-state index < -0.39 is 9.91 Å². The summed E-state index contributed by atoms with van der Waals surface area (Å²) >= 11 is 5.08. The first-order valence-corrected chi connectivity index (χ1v) is 19.5. The van der Waals surface area contributed by atoms with Crippen LogP contribution in [0.15, 0.2) is 60.8 Å². The standard InChI is InChI=1S/C42H51N6O2SSi/c1-26(2)28(5)38(49)43-20-8-7-10-37-44-25-36(45-37)33-17-16-31-22-29(13-15-32(31)24-33)11-12-30-14-18-34-35(23-30)47-39(46-34)42(51)19-9-21-48(42)40(50)41(6,52)27(3)4/h11-18,22-28,51H,7-10,19-21H2,1-6H3,(H,43,49)(H,44,45)(H,46,47)/b12-11+. The summed E-state index contributed by atoms with van der Waals surface area (Å²) in [6, 6.07) is 19.2. The Bertz CT molecular complexity index is 2100. The Kier molecular flexibility index (Phi) is 11.2. The van der Waals surface area contributed by atoms with Crippen molar-refractivity contribution in [3.8, 4) is 11.3 Å². The second-order valence-corrected chi connectivity index (χ2v) is 17.1. The van der Waals surface area contributed by atoms with Crippen LogP contribution in [0.1, 0.15) is 90.0 Å². The largest absolute Gasteiger partial charge is 0.356 e. The highest BCUT2D eigenvalue weighted by Gasteiger charge is 2.48. The zero-order chi connectivity index (χ0) is 37.2. The fourth-order valence-electron chi connectivity index (χ4n) is 6.62. The molecule has 3 unspecified atom stereocenters. The number of imidazole rings is 2. The average Bonchev–Trinajstić information content (AvgIpc) is 3.88. The zero-order valence-corrected chi connectivity index (χ0v) is 33.1. The molecule has 3 heterocycles. The molecule has 0 aliphatic carbocycles. The lowest BCUT2D eigenvalue weighted by atomic mass is 9.94. The first-order valence-electron chi connectivity index (χ1n) is 18.6. The highest BCUT2D eigenvalue weighted by atomic mass is 32.1. The summed E-state index contributed by atoms with van der Waals surface area (Å²) in [5, 5.41) is 4.71. The molecule has 3 atom stereocenters. The van der Waals surface area contributed by atoms with Gasteiger partial charge in [-0.1, -0.05) is 84.0 Å². The van der Waals surface area contributed by atoms with E-state index in [1.807, 2.05) is 44.9 Å². The van der Waals surface area contributed by atoms with Crippen LogP contribution >= 0.6 is 12.6 Å². The molecule has 1 fully saturated rings. The van der Waals surface area contributed by atoms with Gasteiger partial charge in [0.2, 0.25) is 11.8 Å². The monoisotopic (exact) mass is 731 g/mol. The Balaban J connectivity index is 1.09. The number of amides is 2. The average molecular weight is 732 g/mol. The number of aryl methyl sites for hydroxylation is 1. The van der Waals surface area contributed by atoms with Gasteiger partial charge in [0.25, 0.3) is 0 Å². The van der Waals surface area contributed by atoms with E-state index in [-0.39, 0.29) is 23.7 Å². The smallest absolute Gasteiger partial charge is 0.226 e. The summed E-state index contributed by atoms with van der Waals surface area (Å²) in [5.74, 6) is 2.35. The Hall–Kier alpha value is -4.15. The van der Waals surface area contributed by atoms with E-state index in [0.29, 0.717) is 24.8 Å². The SMILES string of the molecule is CC(C)C(C)C(=O)NCCCCc1ncc(-c2ccc3cc(/C=C/c4ccc5nc(C6(S)CCCN6C(=O)C(C)([Si])C(C)C)[nH]c5c4)ccc3c2)[nH]1. The van der Waals surface area contributed by atoms with Gasteiger partial charge in [-0.3, -0.25) is 9.59 Å². The number of H-pyrrole nitrogens is 2. The second kappa shape index (κ2) is 15.4. The maximum atomic E-state index is 13.6. The maximum absolute atomic E-state index is 13.6. The molecule has 1 aliphatic rings. The van der Waals surface area contributed by atoms with Crippen LogP contribution in [-0.4, -0.2) is 60.0 Å². The van der Waals surface area contributed by atoms with Crippen LogP contribution in [0.3, 0.4) is 0 Å². The van der Waals surface area contributed by atoms with Crippen molar-refractivity contribution in [2.45, 2.75) is 83.6 Å². The van der Waals surface area contributed by atoms with Crippen molar-refractivity contribution < 1.29 is 9.59 Å². The van der Waals surface area contributed by atoms with Crippen LogP contribution in [0.5, 0.6) is 0 Å². The predicted molar refractivity (Wildman–Crippen MR) is 217 cm³/mol. The van der Waals surface area contributed by atoms with Gasteiger partial charge in [-0.15, -0.1) is 12.6 Å². The second-order valence-electron chi connectivity index (χ2n) is 15.3. The van der Waals surface area contributed by atoms with Gasteiger partial charge >= 0.3 is 0 Å². The predicted octanol–water partition coefficient (Wildman–Crippen LogP) is 8.72. The fourth-order valence-corrected chi connectivity index (χ4v) is 7.21. The van der Waals surface area contributed by atoms with Gasteiger partial charge in [0.15, 0.2) is 0 Å². The van der Waals surface area contributed by atoms with Crippen molar-refractivity contribution in [2.24, 2.45) is 17.8 Å². The molecular formula is C42H51N6O2SSi. The van der Waals surface area contributed by atoms with Gasteiger partial charge in [0.05, 0.1) is 22.9 Å². The summed E-state index contributed by atoms with van der Waals surface area (Å²) < 4.78 is 0. The summed E-state index contributed by atoms with van der Waals surface area (Å²) in [4.78, 5) is 43.4. The molecule has 2 aromatic heterocycles. The number of nitrogens with one attached hydrogen (secondary N) is 3. The molecule has 1 aliphatic heterocycles. The molecule has 10 heteroatoms. The molecule has 0 spiro atoms. The number of carbonyl (C=O) groups excluding carboxylic acids is 2. The molecule has 0 bridgehead atoms. The lowest BCUT2D eigenvalue weighted by Crippen LogP contribution is -2.47. The topological polar surface area (TPSA) is 107 Å². The molecule has 2 amide bonds. The first kappa shape index (κ1) is 37.6. The van der Waals surface area contributed by atoms with Crippen molar-refractivity contribution in [1.82, 2.24) is 30.2 Å². The van der Waals surface area contributed by atoms with Crippen LogP contribution in [0.2, 0.25) is 5.04 Å². The number of carbonyl (C=O) groups is 2. The van der Waals surface area contributed by atoms with Crippen LogP contribution in [0.25, 0.3) is 45.2 Å².